The molecule has 1 saturated carbocycles. The van der Waals surface area contributed by atoms with E-state index in [1.54, 1.807) is 46.8 Å². The Balaban J connectivity index is 2.48. The molecule has 0 bridgehead atoms. The molecule has 0 aromatic heterocycles. The quantitative estimate of drug-likeness (QED) is 0.428. The molecule has 0 aliphatic heterocycles. The zero-order valence-corrected chi connectivity index (χ0v) is 20.5. The molecular formula is C24H36N4O6. The number of aromatic hydroxyl groups is 1. The van der Waals surface area contributed by atoms with Gasteiger partial charge in [-0.25, -0.2) is 4.79 Å². The number of nitrogens with two attached hydrogens (primary N) is 1. The van der Waals surface area contributed by atoms with Gasteiger partial charge in [0.1, 0.15) is 23.4 Å². The lowest BCUT2D eigenvalue weighted by Gasteiger charge is -2.43. The van der Waals surface area contributed by atoms with Crippen molar-refractivity contribution in [3.8, 4) is 5.75 Å². The van der Waals surface area contributed by atoms with Crippen molar-refractivity contribution in [1.29, 1.82) is 0 Å². The van der Waals surface area contributed by atoms with E-state index in [-0.39, 0.29) is 17.8 Å². The first-order chi connectivity index (χ1) is 15.8. The Morgan fingerprint density at radius 3 is 2.29 bits per heavy atom. The Kier molecular flexibility index (Phi) is 8.89. The molecule has 1 aromatic rings. The zero-order valence-electron chi connectivity index (χ0n) is 20.5. The fourth-order valence-electron chi connectivity index (χ4n) is 3.71. The topological polar surface area (TPSA) is 151 Å². The van der Waals surface area contributed by atoms with Gasteiger partial charge in [0, 0.05) is 12.1 Å². The van der Waals surface area contributed by atoms with Crippen LogP contribution in [0, 0.1) is 0 Å². The van der Waals surface area contributed by atoms with E-state index in [9.17, 15) is 24.3 Å². The summed E-state index contributed by atoms with van der Waals surface area (Å²) >= 11 is 0. The molecule has 10 heteroatoms. The van der Waals surface area contributed by atoms with E-state index in [4.69, 9.17) is 10.5 Å². The fraction of sp³-hybridized carbons (Fsp3) is 0.583. The molecule has 0 spiro atoms. The number of alkyl carbamates (subject to hydrolysis) is 1. The second-order valence-corrected chi connectivity index (χ2v) is 9.86. The second kappa shape index (κ2) is 11.2. The van der Waals surface area contributed by atoms with Crippen molar-refractivity contribution >= 4 is 23.8 Å². The summed E-state index contributed by atoms with van der Waals surface area (Å²) in [6.45, 7) is 8.62. The SMILES string of the molecule is CC(C)NC(=O)C(c1cccc(O)c1)N(C(=O)C(CC(N)=O)NC(=O)OC(C)(C)C)C1CCC1. The van der Waals surface area contributed by atoms with Crippen LogP contribution in [0.2, 0.25) is 0 Å². The number of phenolic OH excluding ortho intramolecular Hbond substituents is 1. The van der Waals surface area contributed by atoms with Gasteiger partial charge in [0.2, 0.25) is 17.7 Å². The van der Waals surface area contributed by atoms with Crippen LogP contribution in [0.25, 0.3) is 0 Å². The van der Waals surface area contributed by atoms with Crippen LogP contribution in [0.4, 0.5) is 4.79 Å². The van der Waals surface area contributed by atoms with Gasteiger partial charge in [0.05, 0.1) is 6.42 Å². The Morgan fingerprint density at radius 1 is 1.18 bits per heavy atom. The van der Waals surface area contributed by atoms with Crippen LogP contribution in [0.5, 0.6) is 5.75 Å². The summed E-state index contributed by atoms with van der Waals surface area (Å²) in [5.74, 6) is -1.90. The normalized spacial score (nSPS) is 15.6. The molecule has 34 heavy (non-hydrogen) atoms. The molecule has 2 rings (SSSR count). The summed E-state index contributed by atoms with van der Waals surface area (Å²) in [6, 6.07) is 3.24. The van der Waals surface area contributed by atoms with E-state index < -0.39 is 47.9 Å². The third kappa shape index (κ3) is 7.64. The maximum absolute atomic E-state index is 13.8. The van der Waals surface area contributed by atoms with E-state index in [1.807, 2.05) is 0 Å². The molecule has 2 unspecified atom stereocenters. The monoisotopic (exact) mass is 476 g/mol. The van der Waals surface area contributed by atoms with Crippen LogP contribution in [-0.2, 0) is 19.1 Å². The number of hydrogen-bond acceptors (Lipinski definition) is 6. The summed E-state index contributed by atoms with van der Waals surface area (Å²) in [6.07, 6.45) is 0.853. The van der Waals surface area contributed by atoms with Gasteiger partial charge in [0.25, 0.3) is 0 Å². The summed E-state index contributed by atoms with van der Waals surface area (Å²) in [7, 11) is 0. The van der Waals surface area contributed by atoms with Gasteiger partial charge in [-0.05, 0) is 71.6 Å². The average Bonchev–Trinajstić information content (AvgIpc) is 2.62. The molecule has 2 atom stereocenters. The number of nitrogens with one attached hydrogen (secondary N) is 2. The second-order valence-electron chi connectivity index (χ2n) is 9.86. The standard InChI is InChI=1S/C24H36N4O6/c1-14(2)26-21(31)20(15-8-6-11-17(29)12-15)28(16-9-7-10-16)22(32)18(13-19(25)30)27-23(33)34-24(3,4)5/h6,8,11-12,14,16,18,20,29H,7,9-10,13H2,1-5H3,(H2,25,30)(H,26,31)(H,27,33). The number of benzene rings is 1. The number of rotatable bonds is 9. The van der Waals surface area contributed by atoms with Gasteiger partial charge in [0.15, 0.2) is 0 Å². The van der Waals surface area contributed by atoms with Gasteiger partial charge in [-0.2, -0.15) is 0 Å². The van der Waals surface area contributed by atoms with Crippen LogP contribution >= 0.6 is 0 Å². The molecule has 1 aliphatic rings. The minimum atomic E-state index is -1.32. The molecule has 1 aliphatic carbocycles. The Bertz CT molecular complexity index is 907. The first kappa shape index (κ1) is 26.9. The summed E-state index contributed by atoms with van der Waals surface area (Å²) < 4.78 is 5.26. The van der Waals surface area contributed by atoms with Crippen molar-refractivity contribution in [2.24, 2.45) is 5.73 Å². The first-order valence-electron chi connectivity index (χ1n) is 11.5. The molecular weight excluding hydrogens is 440 g/mol. The molecule has 0 saturated heterocycles. The van der Waals surface area contributed by atoms with E-state index in [0.29, 0.717) is 18.4 Å². The molecule has 1 fully saturated rings. The number of ether oxygens (including phenoxy) is 1. The average molecular weight is 477 g/mol. The van der Waals surface area contributed by atoms with Crippen molar-refractivity contribution in [3.05, 3.63) is 29.8 Å². The lowest BCUT2D eigenvalue weighted by molar-refractivity contribution is -0.148. The maximum atomic E-state index is 13.8. The van der Waals surface area contributed by atoms with Crippen LogP contribution in [0.3, 0.4) is 0 Å². The lowest BCUT2D eigenvalue weighted by atomic mass is 9.87. The van der Waals surface area contributed by atoms with Crippen molar-refractivity contribution in [3.63, 3.8) is 0 Å². The van der Waals surface area contributed by atoms with Crippen molar-refractivity contribution in [1.82, 2.24) is 15.5 Å². The number of amides is 4. The Morgan fingerprint density at radius 2 is 1.82 bits per heavy atom. The van der Waals surface area contributed by atoms with Gasteiger partial charge in [-0.15, -0.1) is 0 Å². The molecule has 4 amide bonds. The first-order valence-corrected chi connectivity index (χ1v) is 11.5. The predicted octanol–water partition coefficient (Wildman–Crippen LogP) is 2.11. The van der Waals surface area contributed by atoms with Crippen LogP contribution in [0.15, 0.2) is 24.3 Å². The molecule has 0 radical (unpaired) electrons. The number of carbonyl (C=O) groups is 4. The van der Waals surface area contributed by atoms with Crippen LogP contribution in [0.1, 0.15) is 71.9 Å². The molecule has 0 heterocycles. The van der Waals surface area contributed by atoms with Gasteiger partial charge in [-0.1, -0.05) is 12.1 Å². The molecule has 1 aromatic carbocycles. The number of nitrogens with zero attached hydrogens (tertiary/aromatic N) is 1. The van der Waals surface area contributed by atoms with Gasteiger partial charge >= 0.3 is 6.09 Å². The van der Waals surface area contributed by atoms with E-state index in [2.05, 4.69) is 10.6 Å². The van der Waals surface area contributed by atoms with E-state index in [0.717, 1.165) is 6.42 Å². The number of carbonyl (C=O) groups excluding carboxylic acids is 4. The Labute approximate surface area is 200 Å². The summed E-state index contributed by atoms with van der Waals surface area (Å²) in [5, 5.41) is 15.3. The minimum absolute atomic E-state index is 0.0542. The van der Waals surface area contributed by atoms with Gasteiger partial charge in [-0.3, -0.25) is 14.4 Å². The number of hydrogen-bond donors (Lipinski definition) is 4. The third-order valence-electron chi connectivity index (χ3n) is 5.26. The van der Waals surface area contributed by atoms with E-state index >= 15 is 0 Å². The highest BCUT2D eigenvalue weighted by Crippen LogP contribution is 2.34. The lowest BCUT2D eigenvalue weighted by Crippen LogP contribution is -2.58. The molecule has 188 valence electrons. The highest BCUT2D eigenvalue weighted by Gasteiger charge is 2.42. The summed E-state index contributed by atoms with van der Waals surface area (Å²) in [4.78, 5) is 52.7. The maximum Gasteiger partial charge on any atom is 0.408 e. The predicted molar refractivity (Wildman–Crippen MR) is 126 cm³/mol. The van der Waals surface area contributed by atoms with Crippen molar-refractivity contribution in [2.45, 2.75) is 90.1 Å². The molecule has 10 nitrogen and oxygen atoms in total. The number of primary amides is 1. The van der Waals surface area contributed by atoms with Crippen molar-refractivity contribution < 1.29 is 29.0 Å². The zero-order chi connectivity index (χ0) is 25.6. The van der Waals surface area contributed by atoms with Gasteiger partial charge < -0.3 is 31.1 Å². The van der Waals surface area contributed by atoms with Crippen LogP contribution < -0.4 is 16.4 Å². The van der Waals surface area contributed by atoms with Crippen molar-refractivity contribution in [2.75, 3.05) is 0 Å². The van der Waals surface area contributed by atoms with E-state index in [1.165, 1.54) is 17.0 Å². The van der Waals surface area contributed by atoms with Crippen LogP contribution in [-0.4, -0.2) is 57.5 Å². The minimum Gasteiger partial charge on any atom is -0.508 e. The Hall–Kier alpha value is -3.30. The highest BCUT2D eigenvalue weighted by molar-refractivity contribution is 5.94. The number of phenols is 1. The smallest absolute Gasteiger partial charge is 0.408 e. The molecule has 5 N–H and O–H groups in total. The summed E-state index contributed by atoms with van der Waals surface area (Å²) in [5.41, 5.74) is 4.97. The third-order valence-corrected chi connectivity index (χ3v) is 5.26. The highest BCUT2D eigenvalue weighted by atomic mass is 16.6. The fourth-order valence-corrected chi connectivity index (χ4v) is 3.71. The largest absolute Gasteiger partial charge is 0.508 e.